The average Bonchev–Trinajstić information content (AvgIpc) is 2.16. The predicted molar refractivity (Wildman–Crippen MR) is 55.3 cm³/mol. The highest BCUT2D eigenvalue weighted by Crippen LogP contribution is 2.13. The van der Waals surface area contributed by atoms with Crippen LogP contribution in [0.25, 0.3) is 0 Å². The van der Waals surface area contributed by atoms with Crippen molar-refractivity contribution in [2.24, 2.45) is 5.73 Å². The first-order chi connectivity index (χ1) is 6.65. The van der Waals surface area contributed by atoms with E-state index in [9.17, 15) is 4.79 Å². The van der Waals surface area contributed by atoms with Crippen LogP contribution < -0.4 is 11.1 Å². The monoisotopic (exact) mass is 194 g/mol. The maximum Gasteiger partial charge on any atom is 0.327 e. The van der Waals surface area contributed by atoms with Crippen LogP contribution in [-0.4, -0.2) is 23.7 Å². The zero-order chi connectivity index (χ0) is 10.6. The zero-order valence-corrected chi connectivity index (χ0v) is 8.03. The molecule has 0 heterocycles. The van der Waals surface area contributed by atoms with Crippen LogP contribution in [0.3, 0.4) is 0 Å². The molecule has 0 radical (unpaired) electrons. The lowest BCUT2D eigenvalue weighted by atomic mass is 10.2. The second-order valence-electron chi connectivity index (χ2n) is 3.09. The Labute approximate surface area is 82.7 Å². The number of aliphatic carboxylic acids is 1. The van der Waals surface area contributed by atoms with Gasteiger partial charge in [0.1, 0.15) is 6.04 Å². The van der Waals surface area contributed by atoms with E-state index in [0.717, 1.165) is 11.3 Å². The van der Waals surface area contributed by atoms with Crippen molar-refractivity contribution in [3.05, 3.63) is 29.8 Å². The molecule has 0 aliphatic rings. The molecule has 4 nitrogen and oxygen atoms in total. The van der Waals surface area contributed by atoms with Crippen LogP contribution in [0, 0.1) is 6.92 Å². The van der Waals surface area contributed by atoms with Crippen LogP contribution in [0.1, 0.15) is 5.56 Å². The first-order valence-electron chi connectivity index (χ1n) is 4.40. The predicted octanol–water partition coefficient (Wildman–Crippen LogP) is 0.819. The highest BCUT2D eigenvalue weighted by Gasteiger charge is 2.14. The smallest absolute Gasteiger partial charge is 0.327 e. The summed E-state index contributed by atoms with van der Waals surface area (Å²) in [6.45, 7) is 1.99. The Bertz CT molecular complexity index is 326. The van der Waals surface area contributed by atoms with Gasteiger partial charge in [0.15, 0.2) is 0 Å². The zero-order valence-electron chi connectivity index (χ0n) is 8.03. The van der Waals surface area contributed by atoms with E-state index >= 15 is 0 Å². The van der Waals surface area contributed by atoms with Gasteiger partial charge < -0.3 is 16.2 Å². The average molecular weight is 194 g/mol. The van der Waals surface area contributed by atoms with Crippen molar-refractivity contribution in [1.29, 1.82) is 0 Å². The summed E-state index contributed by atoms with van der Waals surface area (Å²) in [5, 5.41) is 11.7. The van der Waals surface area contributed by atoms with Gasteiger partial charge in [0.2, 0.25) is 0 Å². The van der Waals surface area contributed by atoms with E-state index in [1.54, 1.807) is 0 Å². The van der Waals surface area contributed by atoms with Gasteiger partial charge in [-0.2, -0.15) is 0 Å². The third-order valence-corrected chi connectivity index (χ3v) is 2.01. The molecule has 1 aromatic rings. The summed E-state index contributed by atoms with van der Waals surface area (Å²) >= 11 is 0. The summed E-state index contributed by atoms with van der Waals surface area (Å²) in [6.07, 6.45) is 0. The summed E-state index contributed by atoms with van der Waals surface area (Å²) in [4.78, 5) is 10.7. The Morgan fingerprint density at radius 1 is 1.57 bits per heavy atom. The molecule has 0 bridgehead atoms. The summed E-state index contributed by atoms with van der Waals surface area (Å²) in [5.74, 6) is -0.934. The number of carboxylic acid groups (broad SMARTS) is 1. The molecule has 0 aliphatic heterocycles. The van der Waals surface area contributed by atoms with Crippen LogP contribution in [-0.2, 0) is 4.79 Å². The number of nitrogens with one attached hydrogen (secondary N) is 1. The molecule has 1 rings (SSSR count). The highest BCUT2D eigenvalue weighted by molar-refractivity contribution is 5.78. The SMILES string of the molecule is Cc1ccccc1NC(CN)C(=O)O. The van der Waals surface area contributed by atoms with Crippen molar-refractivity contribution >= 4 is 11.7 Å². The second-order valence-corrected chi connectivity index (χ2v) is 3.09. The molecule has 0 fully saturated rings. The van der Waals surface area contributed by atoms with E-state index in [1.165, 1.54) is 0 Å². The first-order valence-corrected chi connectivity index (χ1v) is 4.40. The molecule has 0 aliphatic carbocycles. The molecule has 14 heavy (non-hydrogen) atoms. The number of hydrogen-bond acceptors (Lipinski definition) is 3. The Morgan fingerprint density at radius 3 is 2.71 bits per heavy atom. The van der Waals surface area contributed by atoms with Gasteiger partial charge in [0.25, 0.3) is 0 Å². The van der Waals surface area contributed by atoms with Crippen molar-refractivity contribution in [1.82, 2.24) is 0 Å². The molecule has 0 saturated carbocycles. The standard InChI is InChI=1S/C10H14N2O2/c1-7-4-2-3-5-8(7)12-9(6-11)10(13)14/h2-5,9,12H,6,11H2,1H3,(H,13,14). The number of para-hydroxylation sites is 1. The number of hydrogen-bond donors (Lipinski definition) is 3. The molecule has 0 spiro atoms. The maximum atomic E-state index is 10.7. The third-order valence-electron chi connectivity index (χ3n) is 2.01. The fourth-order valence-electron chi connectivity index (χ4n) is 1.14. The number of carboxylic acids is 1. The lowest BCUT2D eigenvalue weighted by molar-refractivity contribution is -0.137. The van der Waals surface area contributed by atoms with E-state index in [2.05, 4.69) is 5.32 Å². The largest absolute Gasteiger partial charge is 0.480 e. The van der Waals surface area contributed by atoms with E-state index in [-0.39, 0.29) is 6.54 Å². The number of nitrogens with two attached hydrogens (primary N) is 1. The van der Waals surface area contributed by atoms with Crippen LogP contribution in [0.15, 0.2) is 24.3 Å². The fourth-order valence-corrected chi connectivity index (χ4v) is 1.14. The molecule has 0 saturated heterocycles. The summed E-state index contributed by atoms with van der Waals surface area (Å²) in [5.41, 5.74) is 7.15. The molecule has 1 atom stereocenters. The fraction of sp³-hybridized carbons (Fsp3) is 0.300. The minimum absolute atomic E-state index is 0.0731. The summed E-state index contributed by atoms with van der Waals surface area (Å²) in [7, 11) is 0. The normalized spacial score (nSPS) is 12.1. The van der Waals surface area contributed by atoms with Gasteiger partial charge in [-0.3, -0.25) is 0 Å². The van der Waals surface area contributed by atoms with Gasteiger partial charge in [-0.1, -0.05) is 18.2 Å². The van der Waals surface area contributed by atoms with Crippen molar-refractivity contribution in [3.63, 3.8) is 0 Å². The van der Waals surface area contributed by atoms with Gasteiger partial charge in [0.05, 0.1) is 0 Å². The Morgan fingerprint density at radius 2 is 2.21 bits per heavy atom. The van der Waals surface area contributed by atoms with Crippen molar-refractivity contribution < 1.29 is 9.90 Å². The van der Waals surface area contributed by atoms with Gasteiger partial charge >= 0.3 is 5.97 Å². The lowest BCUT2D eigenvalue weighted by Crippen LogP contribution is -2.36. The Kier molecular flexibility index (Phi) is 3.48. The number of rotatable bonds is 4. The molecule has 4 N–H and O–H groups in total. The van der Waals surface area contributed by atoms with Crippen LogP contribution in [0.4, 0.5) is 5.69 Å². The summed E-state index contributed by atoms with van der Waals surface area (Å²) in [6, 6.07) is 6.78. The molecule has 76 valence electrons. The molecule has 1 aromatic carbocycles. The minimum Gasteiger partial charge on any atom is -0.480 e. The highest BCUT2D eigenvalue weighted by atomic mass is 16.4. The summed E-state index contributed by atoms with van der Waals surface area (Å²) < 4.78 is 0. The van der Waals surface area contributed by atoms with E-state index in [1.807, 2.05) is 31.2 Å². The van der Waals surface area contributed by atoms with Gasteiger partial charge in [0, 0.05) is 12.2 Å². The van der Waals surface area contributed by atoms with Crippen molar-refractivity contribution in [2.75, 3.05) is 11.9 Å². The quantitative estimate of drug-likeness (QED) is 0.663. The van der Waals surface area contributed by atoms with Gasteiger partial charge in [-0.05, 0) is 18.6 Å². The number of benzene rings is 1. The topological polar surface area (TPSA) is 75.3 Å². The Balaban J connectivity index is 2.77. The Hall–Kier alpha value is -1.55. The first kappa shape index (κ1) is 10.5. The second kappa shape index (κ2) is 4.62. The van der Waals surface area contributed by atoms with E-state index in [4.69, 9.17) is 10.8 Å². The number of carbonyl (C=O) groups is 1. The molecule has 4 heteroatoms. The molecular weight excluding hydrogens is 180 g/mol. The molecule has 0 aromatic heterocycles. The van der Waals surface area contributed by atoms with E-state index in [0.29, 0.717) is 0 Å². The molecular formula is C10H14N2O2. The third kappa shape index (κ3) is 2.47. The van der Waals surface area contributed by atoms with Crippen LogP contribution >= 0.6 is 0 Å². The van der Waals surface area contributed by atoms with E-state index < -0.39 is 12.0 Å². The molecule has 0 amide bonds. The minimum atomic E-state index is -0.934. The maximum absolute atomic E-state index is 10.7. The molecule has 1 unspecified atom stereocenters. The number of aryl methyl sites for hydroxylation is 1. The van der Waals surface area contributed by atoms with Gasteiger partial charge in [-0.15, -0.1) is 0 Å². The van der Waals surface area contributed by atoms with Gasteiger partial charge in [-0.25, -0.2) is 4.79 Å². The number of anilines is 1. The van der Waals surface area contributed by atoms with Crippen molar-refractivity contribution in [3.8, 4) is 0 Å². The van der Waals surface area contributed by atoms with Crippen molar-refractivity contribution in [2.45, 2.75) is 13.0 Å². The van der Waals surface area contributed by atoms with Crippen LogP contribution in [0.2, 0.25) is 0 Å². The van der Waals surface area contributed by atoms with Crippen LogP contribution in [0.5, 0.6) is 0 Å². The lowest BCUT2D eigenvalue weighted by Gasteiger charge is -2.15.